The van der Waals surface area contributed by atoms with E-state index in [9.17, 15) is 9.59 Å². The van der Waals surface area contributed by atoms with Gasteiger partial charge in [0.1, 0.15) is 15.5 Å². The highest BCUT2D eigenvalue weighted by atomic mass is 35.5. The molecule has 0 spiro atoms. The van der Waals surface area contributed by atoms with Crippen molar-refractivity contribution in [2.45, 2.75) is 20.4 Å². The van der Waals surface area contributed by atoms with Crippen molar-refractivity contribution in [1.82, 2.24) is 9.55 Å². The van der Waals surface area contributed by atoms with Gasteiger partial charge in [0.05, 0.1) is 11.7 Å². The standard InChI is InChI=1S/C16H13ClN2O3S/c1-3-19-8-18-14-12(15(19)20)9(2)13(23-14)16(21)22-11-6-4-10(17)5-7-11/h4-8H,3H2,1-2H3. The minimum absolute atomic E-state index is 0.142. The molecule has 0 N–H and O–H groups in total. The zero-order chi connectivity index (χ0) is 16.6. The summed E-state index contributed by atoms with van der Waals surface area (Å²) in [5.41, 5.74) is 0.459. The molecule has 0 aliphatic carbocycles. The molecule has 0 amide bonds. The van der Waals surface area contributed by atoms with Gasteiger partial charge in [-0.1, -0.05) is 11.6 Å². The molecule has 118 valence electrons. The Morgan fingerprint density at radius 2 is 2.04 bits per heavy atom. The number of rotatable bonds is 3. The van der Waals surface area contributed by atoms with Crippen molar-refractivity contribution in [3.8, 4) is 5.75 Å². The number of hydrogen-bond acceptors (Lipinski definition) is 5. The van der Waals surface area contributed by atoms with Crippen LogP contribution in [0.5, 0.6) is 5.75 Å². The van der Waals surface area contributed by atoms with Gasteiger partial charge in [0.15, 0.2) is 0 Å². The van der Waals surface area contributed by atoms with Gasteiger partial charge in [0.25, 0.3) is 5.56 Å². The first-order chi connectivity index (χ1) is 11.0. The number of halogens is 1. The predicted molar refractivity (Wildman–Crippen MR) is 90.7 cm³/mol. The van der Waals surface area contributed by atoms with Crippen LogP contribution < -0.4 is 10.3 Å². The predicted octanol–water partition coefficient (Wildman–Crippen LogP) is 3.66. The summed E-state index contributed by atoms with van der Waals surface area (Å²) in [7, 11) is 0. The highest BCUT2D eigenvalue weighted by Crippen LogP contribution is 2.28. The smallest absolute Gasteiger partial charge is 0.354 e. The Kier molecular flexibility index (Phi) is 4.19. The molecule has 0 saturated carbocycles. The number of aryl methyl sites for hydroxylation is 2. The van der Waals surface area contributed by atoms with E-state index in [4.69, 9.17) is 16.3 Å². The molecule has 5 nitrogen and oxygen atoms in total. The fraction of sp³-hybridized carbons (Fsp3) is 0.188. The Morgan fingerprint density at radius 3 is 2.70 bits per heavy atom. The summed E-state index contributed by atoms with van der Waals surface area (Å²) in [6.07, 6.45) is 1.49. The summed E-state index contributed by atoms with van der Waals surface area (Å²) in [5, 5.41) is 1.04. The van der Waals surface area contributed by atoms with E-state index >= 15 is 0 Å². The van der Waals surface area contributed by atoms with Gasteiger partial charge in [-0.15, -0.1) is 11.3 Å². The molecular formula is C16H13ClN2O3S. The topological polar surface area (TPSA) is 61.2 Å². The van der Waals surface area contributed by atoms with Crippen molar-refractivity contribution in [1.29, 1.82) is 0 Å². The third kappa shape index (κ3) is 2.87. The highest BCUT2D eigenvalue weighted by molar-refractivity contribution is 7.20. The largest absolute Gasteiger partial charge is 0.422 e. The van der Waals surface area contributed by atoms with Crippen LogP contribution in [0.1, 0.15) is 22.2 Å². The van der Waals surface area contributed by atoms with E-state index < -0.39 is 5.97 Å². The van der Waals surface area contributed by atoms with E-state index in [1.54, 1.807) is 31.2 Å². The number of aromatic nitrogens is 2. The van der Waals surface area contributed by atoms with Crippen LogP contribution in [0, 0.1) is 6.92 Å². The molecule has 0 fully saturated rings. The Balaban J connectivity index is 2.01. The van der Waals surface area contributed by atoms with Crippen molar-refractivity contribution in [3.63, 3.8) is 0 Å². The molecule has 0 aliphatic heterocycles. The lowest BCUT2D eigenvalue weighted by atomic mass is 10.2. The molecule has 2 heterocycles. The maximum absolute atomic E-state index is 12.4. The normalized spacial score (nSPS) is 10.9. The number of carbonyl (C=O) groups is 1. The van der Waals surface area contributed by atoms with E-state index in [-0.39, 0.29) is 5.56 Å². The van der Waals surface area contributed by atoms with Crippen LogP contribution in [0.15, 0.2) is 35.4 Å². The van der Waals surface area contributed by atoms with Gasteiger partial charge < -0.3 is 4.74 Å². The molecule has 0 bridgehead atoms. The van der Waals surface area contributed by atoms with E-state index in [1.807, 2.05) is 6.92 Å². The second kappa shape index (κ2) is 6.14. The summed E-state index contributed by atoms with van der Waals surface area (Å²) >= 11 is 6.97. The number of esters is 1. The monoisotopic (exact) mass is 348 g/mol. The summed E-state index contributed by atoms with van der Waals surface area (Å²) in [6.45, 7) is 4.13. The second-order valence-electron chi connectivity index (χ2n) is 4.92. The van der Waals surface area contributed by atoms with Crippen LogP contribution in [-0.4, -0.2) is 15.5 Å². The lowest BCUT2D eigenvalue weighted by Gasteiger charge is -2.03. The quantitative estimate of drug-likeness (QED) is 0.535. The van der Waals surface area contributed by atoms with Crippen molar-refractivity contribution >= 4 is 39.1 Å². The molecule has 1 aromatic carbocycles. The third-order valence-corrected chi connectivity index (χ3v) is 4.90. The van der Waals surface area contributed by atoms with Crippen LogP contribution in [0.25, 0.3) is 10.2 Å². The average molecular weight is 349 g/mol. The maximum Gasteiger partial charge on any atom is 0.354 e. The molecule has 3 aromatic rings. The zero-order valence-electron chi connectivity index (χ0n) is 12.5. The van der Waals surface area contributed by atoms with E-state index in [0.29, 0.717) is 38.0 Å². The number of thiophene rings is 1. The number of nitrogens with zero attached hydrogens (tertiary/aromatic N) is 2. The number of ether oxygens (including phenoxy) is 1. The fourth-order valence-electron chi connectivity index (χ4n) is 2.24. The number of hydrogen-bond donors (Lipinski definition) is 0. The van der Waals surface area contributed by atoms with Gasteiger partial charge in [-0.05, 0) is 43.7 Å². The summed E-state index contributed by atoms with van der Waals surface area (Å²) in [4.78, 5) is 29.9. The number of carbonyl (C=O) groups excluding carboxylic acids is 1. The van der Waals surface area contributed by atoms with Gasteiger partial charge in [-0.3, -0.25) is 9.36 Å². The molecule has 3 rings (SSSR count). The Labute approximate surface area is 141 Å². The van der Waals surface area contributed by atoms with Crippen LogP contribution >= 0.6 is 22.9 Å². The lowest BCUT2D eigenvalue weighted by Crippen LogP contribution is -2.19. The Hall–Kier alpha value is -2.18. The number of fused-ring (bicyclic) bond motifs is 1. The molecule has 7 heteroatoms. The van der Waals surface area contributed by atoms with Gasteiger partial charge in [0.2, 0.25) is 0 Å². The average Bonchev–Trinajstić information content (AvgIpc) is 2.88. The van der Waals surface area contributed by atoms with E-state index in [0.717, 1.165) is 11.3 Å². The van der Waals surface area contributed by atoms with Crippen LogP contribution in [0.2, 0.25) is 5.02 Å². The minimum atomic E-state index is -0.504. The van der Waals surface area contributed by atoms with E-state index in [1.165, 1.54) is 10.9 Å². The van der Waals surface area contributed by atoms with Gasteiger partial charge in [-0.25, -0.2) is 9.78 Å². The first-order valence-corrected chi connectivity index (χ1v) is 8.17. The second-order valence-corrected chi connectivity index (χ2v) is 6.35. The SMILES string of the molecule is CCn1cnc2sc(C(=O)Oc3ccc(Cl)cc3)c(C)c2c1=O. The lowest BCUT2D eigenvalue weighted by molar-refractivity contribution is 0.0739. The van der Waals surface area contributed by atoms with Crippen LogP contribution in [0.3, 0.4) is 0 Å². The molecule has 23 heavy (non-hydrogen) atoms. The fourth-order valence-corrected chi connectivity index (χ4v) is 3.38. The molecule has 2 aromatic heterocycles. The van der Waals surface area contributed by atoms with Crippen molar-refractivity contribution in [2.24, 2.45) is 0 Å². The van der Waals surface area contributed by atoms with Crippen LogP contribution in [-0.2, 0) is 6.54 Å². The molecule has 0 atom stereocenters. The molecule has 0 unspecified atom stereocenters. The molecule has 0 saturated heterocycles. The van der Waals surface area contributed by atoms with Crippen LogP contribution in [0.4, 0.5) is 0 Å². The minimum Gasteiger partial charge on any atom is -0.422 e. The maximum atomic E-state index is 12.4. The van der Waals surface area contributed by atoms with Crippen molar-refractivity contribution in [3.05, 3.63) is 56.4 Å². The van der Waals surface area contributed by atoms with Gasteiger partial charge in [0, 0.05) is 11.6 Å². The molecular weight excluding hydrogens is 336 g/mol. The van der Waals surface area contributed by atoms with Gasteiger partial charge >= 0.3 is 5.97 Å². The van der Waals surface area contributed by atoms with E-state index in [2.05, 4.69) is 4.98 Å². The Bertz CT molecular complexity index is 944. The summed E-state index contributed by atoms with van der Waals surface area (Å²) < 4.78 is 6.85. The van der Waals surface area contributed by atoms with Crippen molar-refractivity contribution < 1.29 is 9.53 Å². The first-order valence-electron chi connectivity index (χ1n) is 6.97. The zero-order valence-corrected chi connectivity index (χ0v) is 14.1. The first kappa shape index (κ1) is 15.7. The molecule has 0 radical (unpaired) electrons. The number of benzene rings is 1. The Morgan fingerprint density at radius 1 is 1.35 bits per heavy atom. The third-order valence-electron chi connectivity index (χ3n) is 3.47. The van der Waals surface area contributed by atoms with Crippen molar-refractivity contribution in [2.75, 3.05) is 0 Å². The molecule has 0 aliphatic rings. The summed E-state index contributed by atoms with van der Waals surface area (Å²) in [6, 6.07) is 6.52. The highest BCUT2D eigenvalue weighted by Gasteiger charge is 2.20. The summed E-state index contributed by atoms with van der Waals surface area (Å²) in [5.74, 6) is -0.106. The van der Waals surface area contributed by atoms with Gasteiger partial charge in [-0.2, -0.15) is 0 Å².